The third-order valence-corrected chi connectivity index (χ3v) is 4.76. The quantitative estimate of drug-likeness (QED) is 0.503. The summed E-state index contributed by atoms with van der Waals surface area (Å²) in [5, 5.41) is 0. The van der Waals surface area contributed by atoms with Crippen molar-refractivity contribution in [3.8, 4) is 5.75 Å². The molecule has 1 saturated carbocycles. The largest absolute Gasteiger partial charge is 0.465 e. The third-order valence-electron chi connectivity index (χ3n) is 4.76. The maximum absolute atomic E-state index is 13.6. The molecule has 1 aromatic rings. The summed E-state index contributed by atoms with van der Waals surface area (Å²) >= 11 is 0. The first kappa shape index (κ1) is 18.3. The summed E-state index contributed by atoms with van der Waals surface area (Å²) in [6.45, 7) is 4.68. The van der Waals surface area contributed by atoms with E-state index in [2.05, 4.69) is 6.92 Å². The summed E-state index contributed by atoms with van der Waals surface area (Å²) in [5.41, 5.74) is 0.714. The Labute approximate surface area is 140 Å². The molecule has 130 valence electrons. The highest BCUT2D eigenvalue weighted by Gasteiger charge is 2.15. The van der Waals surface area contributed by atoms with E-state index in [9.17, 15) is 4.39 Å². The Morgan fingerprint density at radius 3 is 2.35 bits per heavy atom. The van der Waals surface area contributed by atoms with Gasteiger partial charge in [0.1, 0.15) is 11.9 Å². The minimum atomic E-state index is -0.891. The molecule has 1 aliphatic rings. The van der Waals surface area contributed by atoms with Gasteiger partial charge in [-0.3, -0.25) is 0 Å². The Balaban J connectivity index is 1.74. The molecule has 0 spiro atoms. The molecule has 1 fully saturated rings. The van der Waals surface area contributed by atoms with Crippen LogP contribution in [-0.4, -0.2) is 12.9 Å². The van der Waals surface area contributed by atoms with Crippen LogP contribution in [0.25, 0.3) is 0 Å². The zero-order chi connectivity index (χ0) is 16.5. The second-order valence-corrected chi connectivity index (χ2v) is 6.56. The average molecular weight is 322 g/mol. The molecule has 2 nitrogen and oxygen atoms in total. The van der Waals surface area contributed by atoms with E-state index in [0.29, 0.717) is 12.0 Å². The van der Waals surface area contributed by atoms with Gasteiger partial charge in [0.05, 0.1) is 6.61 Å². The SMILES string of the molecule is CCC(OCCC1CCCCC1)Oc1ccc(C(F)CC)cc1. The molecule has 3 heteroatoms. The van der Waals surface area contributed by atoms with Crippen LogP contribution in [0, 0.1) is 5.92 Å². The van der Waals surface area contributed by atoms with Gasteiger partial charge in [-0.15, -0.1) is 0 Å². The lowest BCUT2D eigenvalue weighted by atomic mass is 9.87. The molecule has 2 atom stereocenters. The fourth-order valence-electron chi connectivity index (χ4n) is 3.22. The summed E-state index contributed by atoms with van der Waals surface area (Å²) in [6.07, 6.45) is 8.19. The first-order chi connectivity index (χ1) is 11.2. The normalized spacial score (nSPS) is 18.6. The van der Waals surface area contributed by atoms with Crippen LogP contribution in [0.4, 0.5) is 4.39 Å². The van der Waals surface area contributed by atoms with Crippen molar-refractivity contribution in [3.05, 3.63) is 29.8 Å². The van der Waals surface area contributed by atoms with Crippen molar-refractivity contribution in [2.24, 2.45) is 5.92 Å². The summed E-state index contributed by atoms with van der Waals surface area (Å²) in [6, 6.07) is 7.28. The van der Waals surface area contributed by atoms with Crippen LogP contribution >= 0.6 is 0 Å². The number of hydrogen-bond donors (Lipinski definition) is 0. The van der Waals surface area contributed by atoms with Crippen LogP contribution in [0.5, 0.6) is 5.75 Å². The minimum absolute atomic E-state index is 0.211. The number of rotatable bonds is 9. The highest BCUT2D eigenvalue weighted by Crippen LogP contribution is 2.27. The van der Waals surface area contributed by atoms with E-state index in [1.165, 1.54) is 32.1 Å². The Morgan fingerprint density at radius 1 is 1.04 bits per heavy atom. The average Bonchev–Trinajstić information content (AvgIpc) is 2.61. The lowest BCUT2D eigenvalue weighted by molar-refractivity contribution is -0.0856. The molecule has 23 heavy (non-hydrogen) atoms. The number of halogens is 1. The maximum atomic E-state index is 13.6. The van der Waals surface area contributed by atoms with Crippen molar-refractivity contribution in [2.45, 2.75) is 77.7 Å². The van der Waals surface area contributed by atoms with E-state index in [1.807, 2.05) is 19.1 Å². The van der Waals surface area contributed by atoms with Gasteiger partial charge in [0, 0.05) is 6.42 Å². The molecule has 1 aromatic carbocycles. The Hall–Kier alpha value is -1.09. The number of ether oxygens (including phenoxy) is 2. The molecule has 2 unspecified atom stereocenters. The van der Waals surface area contributed by atoms with Crippen molar-refractivity contribution in [1.82, 2.24) is 0 Å². The standard InChI is InChI=1S/C20H31FO2/c1-3-19(21)17-10-12-18(13-11-17)23-20(4-2)22-15-14-16-8-6-5-7-9-16/h10-13,16,19-20H,3-9,14-15H2,1-2H3. The zero-order valence-electron chi connectivity index (χ0n) is 14.6. The minimum Gasteiger partial charge on any atom is -0.465 e. The second kappa shape index (κ2) is 9.92. The Morgan fingerprint density at radius 2 is 1.74 bits per heavy atom. The fourth-order valence-corrected chi connectivity index (χ4v) is 3.22. The van der Waals surface area contributed by atoms with E-state index in [4.69, 9.17) is 9.47 Å². The van der Waals surface area contributed by atoms with E-state index in [0.717, 1.165) is 31.1 Å². The van der Waals surface area contributed by atoms with Gasteiger partial charge in [-0.25, -0.2) is 4.39 Å². The van der Waals surface area contributed by atoms with Gasteiger partial charge in [-0.1, -0.05) is 58.1 Å². The van der Waals surface area contributed by atoms with Gasteiger partial charge in [0.25, 0.3) is 0 Å². The molecule has 1 aliphatic carbocycles. The van der Waals surface area contributed by atoms with E-state index < -0.39 is 6.17 Å². The molecule has 0 aromatic heterocycles. The Kier molecular flexibility index (Phi) is 7.87. The summed E-state index contributed by atoms with van der Waals surface area (Å²) in [5.74, 6) is 1.58. The summed E-state index contributed by atoms with van der Waals surface area (Å²) in [7, 11) is 0. The summed E-state index contributed by atoms with van der Waals surface area (Å²) in [4.78, 5) is 0. The molecular formula is C20H31FO2. The highest BCUT2D eigenvalue weighted by atomic mass is 19.1. The topological polar surface area (TPSA) is 18.5 Å². The molecule has 0 aliphatic heterocycles. The van der Waals surface area contributed by atoms with E-state index >= 15 is 0 Å². The van der Waals surface area contributed by atoms with Crippen LogP contribution < -0.4 is 4.74 Å². The second-order valence-electron chi connectivity index (χ2n) is 6.56. The van der Waals surface area contributed by atoms with Crippen LogP contribution in [0.2, 0.25) is 0 Å². The summed E-state index contributed by atoms with van der Waals surface area (Å²) < 4.78 is 25.4. The molecule has 0 radical (unpaired) electrons. The van der Waals surface area contributed by atoms with Crippen molar-refractivity contribution in [1.29, 1.82) is 0 Å². The molecule has 0 N–H and O–H groups in total. The van der Waals surface area contributed by atoms with Crippen LogP contribution in [-0.2, 0) is 4.74 Å². The monoisotopic (exact) mass is 322 g/mol. The van der Waals surface area contributed by atoms with Gasteiger partial charge in [-0.2, -0.15) is 0 Å². The van der Waals surface area contributed by atoms with Crippen LogP contribution in [0.15, 0.2) is 24.3 Å². The predicted octanol–water partition coefficient (Wildman–Crippen LogP) is 6.21. The van der Waals surface area contributed by atoms with Gasteiger partial charge in [0.15, 0.2) is 6.29 Å². The number of benzene rings is 1. The van der Waals surface area contributed by atoms with Gasteiger partial charge in [-0.05, 0) is 36.5 Å². The number of alkyl halides is 1. The van der Waals surface area contributed by atoms with Crippen LogP contribution in [0.3, 0.4) is 0 Å². The molecular weight excluding hydrogens is 291 g/mol. The Bertz CT molecular complexity index is 426. The van der Waals surface area contributed by atoms with E-state index in [-0.39, 0.29) is 6.29 Å². The van der Waals surface area contributed by atoms with Gasteiger partial charge >= 0.3 is 0 Å². The first-order valence-electron chi connectivity index (χ1n) is 9.25. The molecule has 0 saturated heterocycles. The van der Waals surface area contributed by atoms with Crippen molar-refractivity contribution in [2.75, 3.05) is 6.61 Å². The molecule has 0 heterocycles. The lowest BCUT2D eigenvalue weighted by Gasteiger charge is -2.23. The first-order valence-corrected chi connectivity index (χ1v) is 9.25. The maximum Gasteiger partial charge on any atom is 0.199 e. The lowest BCUT2D eigenvalue weighted by Crippen LogP contribution is -2.21. The molecule has 0 amide bonds. The molecule has 0 bridgehead atoms. The highest BCUT2D eigenvalue weighted by molar-refractivity contribution is 5.28. The smallest absolute Gasteiger partial charge is 0.199 e. The zero-order valence-corrected chi connectivity index (χ0v) is 14.6. The van der Waals surface area contributed by atoms with Crippen molar-refractivity contribution in [3.63, 3.8) is 0 Å². The van der Waals surface area contributed by atoms with Crippen molar-refractivity contribution >= 4 is 0 Å². The fraction of sp³-hybridized carbons (Fsp3) is 0.700. The third kappa shape index (κ3) is 6.14. The van der Waals surface area contributed by atoms with Gasteiger partial charge in [0.2, 0.25) is 0 Å². The predicted molar refractivity (Wildman–Crippen MR) is 92.4 cm³/mol. The van der Waals surface area contributed by atoms with E-state index in [1.54, 1.807) is 12.1 Å². The number of hydrogen-bond acceptors (Lipinski definition) is 2. The molecule has 2 rings (SSSR count). The van der Waals surface area contributed by atoms with Crippen LogP contribution in [0.1, 0.15) is 76.9 Å². The van der Waals surface area contributed by atoms with Gasteiger partial charge < -0.3 is 9.47 Å². The van der Waals surface area contributed by atoms with Crippen molar-refractivity contribution < 1.29 is 13.9 Å².